The maximum atomic E-state index is 7.94. The van der Waals surface area contributed by atoms with Crippen LogP contribution in [-0.4, -0.2) is 10.8 Å². The molecule has 1 heterocycles. The summed E-state index contributed by atoms with van der Waals surface area (Å²) in [5.74, 6) is 0. The predicted molar refractivity (Wildman–Crippen MR) is 241 cm³/mol. The van der Waals surface area contributed by atoms with Crippen LogP contribution in [0.4, 0.5) is 0 Å². The van der Waals surface area contributed by atoms with E-state index in [0.29, 0.717) is 0 Å². The van der Waals surface area contributed by atoms with Gasteiger partial charge in [-0.2, -0.15) is 0 Å². The molecule has 0 radical (unpaired) electrons. The molecule has 2 aliphatic rings. The van der Waals surface area contributed by atoms with Crippen molar-refractivity contribution in [2.45, 2.75) is 80.6 Å². The van der Waals surface area contributed by atoms with Crippen molar-refractivity contribution < 1.29 is 0 Å². The van der Waals surface area contributed by atoms with Crippen LogP contribution in [0.3, 0.4) is 0 Å². The molecule has 4 rings (SSSR count). The van der Waals surface area contributed by atoms with Crippen molar-refractivity contribution in [2.75, 3.05) is 0 Å². The lowest BCUT2D eigenvalue weighted by Gasteiger charge is -2.29. The molecule has 1 fully saturated rings. The lowest BCUT2D eigenvalue weighted by Crippen LogP contribution is -2.11. The zero-order chi connectivity index (χ0) is 39.3. The maximum absolute atomic E-state index is 7.94. The second-order valence-electron chi connectivity index (χ2n) is 14.7. The monoisotopic (exact) mass is 712 g/mol. The van der Waals surface area contributed by atoms with E-state index in [1.54, 1.807) is 6.08 Å². The third kappa shape index (κ3) is 9.74. The number of aromatic nitrogens is 1. The molecule has 1 aromatic heterocycles. The van der Waals surface area contributed by atoms with E-state index in [0.717, 1.165) is 60.1 Å². The second kappa shape index (κ2) is 19.6. The highest BCUT2D eigenvalue weighted by Gasteiger charge is 2.25. The van der Waals surface area contributed by atoms with Gasteiger partial charge < -0.3 is 9.98 Å². The second-order valence-corrected chi connectivity index (χ2v) is 14.7. The molecule has 54 heavy (non-hydrogen) atoms. The fraction of sp³-hybridized carbons (Fsp3) is 0.250. The molecule has 0 bridgehead atoms. The molecule has 0 aliphatic heterocycles. The van der Waals surface area contributed by atoms with Crippen molar-refractivity contribution in [3.63, 3.8) is 0 Å². The van der Waals surface area contributed by atoms with E-state index < -0.39 is 0 Å². The Hall–Kier alpha value is -5.47. The SMILES string of the molecule is C=C/C=C(\C=N)c1ccc(C(/C=C/C=C/C(=C\C=C)n2c(C)c(/C=C\CCC)c3c2C=CC=CC3)=C2\CC/C(=C/C(=C)C(C)(C)C)C(=CC)\C2=C/C)cc1. The van der Waals surface area contributed by atoms with Gasteiger partial charge in [-0.25, -0.2) is 0 Å². The third-order valence-electron chi connectivity index (χ3n) is 10.2. The Morgan fingerprint density at radius 2 is 1.59 bits per heavy atom. The van der Waals surface area contributed by atoms with Crippen molar-refractivity contribution in [3.05, 3.63) is 197 Å². The summed E-state index contributed by atoms with van der Waals surface area (Å²) in [5.41, 5.74) is 16.6. The third-order valence-corrected chi connectivity index (χ3v) is 10.2. The van der Waals surface area contributed by atoms with Gasteiger partial charge in [0.05, 0.1) is 0 Å². The van der Waals surface area contributed by atoms with Gasteiger partial charge in [-0.15, -0.1) is 0 Å². The van der Waals surface area contributed by atoms with Crippen molar-refractivity contribution in [1.29, 1.82) is 5.41 Å². The van der Waals surface area contributed by atoms with Crippen LogP contribution in [0.1, 0.15) is 101 Å². The fourth-order valence-corrected chi connectivity index (χ4v) is 7.11. The van der Waals surface area contributed by atoms with E-state index in [2.05, 4.69) is 182 Å². The van der Waals surface area contributed by atoms with Crippen LogP contribution in [0.2, 0.25) is 0 Å². The molecule has 0 unspecified atom stereocenters. The summed E-state index contributed by atoms with van der Waals surface area (Å²) in [6.07, 6.45) is 42.8. The summed E-state index contributed by atoms with van der Waals surface area (Å²) >= 11 is 0. The van der Waals surface area contributed by atoms with E-state index in [9.17, 15) is 0 Å². The maximum Gasteiger partial charge on any atom is 0.0500 e. The lowest BCUT2D eigenvalue weighted by molar-refractivity contribution is 0.518. The van der Waals surface area contributed by atoms with Gasteiger partial charge in [-0.3, -0.25) is 0 Å². The van der Waals surface area contributed by atoms with Crippen LogP contribution in [0.15, 0.2) is 163 Å². The number of rotatable bonds is 13. The van der Waals surface area contributed by atoms with Gasteiger partial charge >= 0.3 is 0 Å². The molecule has 0 amide bonds. The number of fused-ring (bicyclic) bond motifs is 1. The number of allylic oxidation sites excluding steroid dienone is 23. The van der Waals surface area contributed by atoms with Gasteiger partial charge in [0, 0.05) is 23.3 Å². The largest absolute Gasteiger partial charge is 0.314 e. The normalized spacial score (nSPS) is 18.7. The highest BCUT2D eigenvalue weighted by atomic mass is 15.0. The van der Waals surface area contributed by atoms with E-state index in [-0.39, 0.29) is 5.41 Å². The van der Waals surface area contributed by atoms with Gasteiger partial charge in [0.25, 0.3) is 0 Å². The van der Waals surface area contributed by atoms with Crippen LogP contribution in [0.5, 0.6) is 0 Å². The van der Waals surface area contributed by atoms with E-state index in [1.807, 2.05) is 12.2 Å². The number of nitrogens with one attached hydrogen (secondary N) is 1. The van der Waals surface area contributed by atoms with Crippen molar-refractivity contribution in [3.8, 4) is 0 Å². The number of nitrogens with zero attached hydrogens (tertiary/aromatic N) is 1. The number of hydrogen-bond donors (Lipinski definition) is 1. The molecule has 1 saturated carbocycles. The number of benzene rings is 1. The first kappa shape index (κ1) is 41.3. The summed E-state index contributed by atoms with van der Waals surface area (Å²) < 4.78 is 2.36. The van der Waals surface area contributed by atoms with Gasteiger partial charge in [-0.1, -0.05) is 163 Å². The molecular formula is C52H60N2. The van der Waals surface area contributed by atoms with Crippen molar-refractivity contribution in [2.24, 2.45) is 5.41 Å². The number of unbranched alkanes of at least 4 members (excludes halogenated alkanes) is 1. The Labute approximate surface area is 326 Å². The molecule has 1 aromatic carbocycles. The molecule has 0 atom stereocenters. The van der Waals surface area contributed by atoms with E-state index >= 15 is 0 Å². The Morgan fingerprint density at radius 1 is 0.907 bits per heavy atom. The van der Waals surface area contributed by atoms with Crippen LogP contribution in [-0.2, 0) is 6.42 Å². The first-order chi connectivity index (χ1) is 26.0. The van der Waals surface area contributed by atoms with Gasteiger partial charge in [0.1, 0.15) is 0 Å². The van der Waals surface area contributed by atoms with Crippen LogP contribution < -0.4 is 0 Å². The molecule has 2 aromatic rings. The minimum Gasteiger partial charge on any atom is -0.314 e. The fourth-order valence-electron chi connectivity index (χ4n) is 7.11. The van der Waals surface area contributed by atoms with Crippen molar-refractivity contribution in [1.82, 2.24) is 4.57 Å². The first-order valence-electron chi connectivity index (χ1n) is 19.4. The molecule has 278 valence electrons. The standard InChI is InChI=1S/C52H60N2/c1-11-16-18-26-47-39(7)54(51-29-20-17-19-28-50(47)51)44(24-13-3)25-21-22-27-48(41-32-30-40(31-33-41)43(37-53)23-12-2)49-35-34-42(36-38(6)52(8,9)10)45(14-4)46(49)15-5/h12-15,17-27,29-33,36-37,53H,2-3,6,11,16,28,34-35H2,1,4-5,7-10H3/b25-21+,26-18-,27-22+,42-36-,43-23+,44-24+,45-14?,46-15+,49-48+,53-37?. The summed E-state index contributed by atoms with van der Waals surface area (Å²) in [6.45, 7) is 27.7. The highest BCUT2D eigenvalue weighted by molar-refractivity contribution is 6.08. The van der Waals surface area contributed by atoms with Gasteiger partial charge in [0.15, 0.2) is 0 Å². The smallest absolute Gasteiger partial charge is 0.0500 e. The predicted octanol–water partition coefficient (Wildman–Crippen LogP) is 14.8. The Balaban J connectivity index is 1.84. The summed E-state index contributed by atoms with van der Waals surface area (Å²) in [5, 5.41) is 7.94. The highest BCUT2D eigenvalue weighted by Crippen LogP contribution is 2.43. The first-order valence-corrected chi connectivity index (χ1v) is 19.4. The minimum atomic E-state index is 0.00647. The molecule has 2 aliphatic carbocycles. The average molecular weight is 713 g/mol. The molecular weight excluding hydrogens is 653 g/mol. The quantitative estimate of drug-likeness (QED) is 0.158. The van der Waals surface area contributed by atoms with Gasteiger partial charge in [0.2, 0.25) is 0 Å². The van der Waals surface area contributed by atoms with Crippen LogP contribution >= 0.6 is 0 Å². The van der Waals surface area contributed by atoms with Crippen molar-refractivity contribution >= 4 is 35.2 Å². The Kier molecular flexibility index (Phi) is 15.0. The molecule has 0 saturated heterocycles. The molecule has 2 heteroatoms. The molecule has 1 N–H and O–H groups in total. The molecule has 0 spiro atoms. The Morgan fingerprint density at radius 3 is 2.22 bits per heavy atom. The molecule has 2 nitrogen and oxygen atoms in total. The zero-order valence-electron chi connectivity index (χ0n) is 33.8. The van der Waals surface area contributed by atoms with E-state index in [1.165, 1.54) is 56.6 Å². The minimum absolute atomic E-state index is 0.00647. The van der Waals surface area contributed by atoms with E-state index in [4.69, 9.17) is 5.41 Å². The Bertz CT molecular complexity index is 2080. The summed E-state index contributed by atoms with van der Waals surface area (Å²) in [4.78, 5) is 0. The lowest BCUT2D eigenvalue weighted by atomic mass is 9.76. The average Bonchev–Trinajstić information content (AvgIpc) is 3.27. The zero-order valence-corrected chi connectivity index (χ0v) is 33.8. The van der Waals surface area contributed by atoms with Crippen LogP contribution in [0.25, 0.3) is 29.0 Å². The summed E-state index contributed by atoms with van der Waals surface area (Å²) in [6, 6.07) is 8.56. The van der Waals surface area contributed by atoms with Gasteiger partial charge in [-0.05, 0) is 131 Å². The topological polar surface area (TPSA) is 28.8 Å². The number of hydrogen-bond acceptors (Lipinski definition) is 1. The summed E-state index contributed by atoms with van der Waals surface area (Å²) in [7, 11) is 0. The van der Waals surface area contributed by atoms with Crippen LogP contribution in [0, 0.1) is 17.7 Å².